The lowest BCUT2D eigenvalue weighted by molar-refractivity contribution is -0.0965. The van der Waals surface area contributed by atoms with E-state index in [-0.39, 0.29) is 11.3 Å². The number of rotatable bonds is 0. The van der Waals surface area contributed by atoms with Crippen LogP contribution in [-0.4, -0.2) is 6.18 Å². The highest BCUT2D eigenvalue weighted by Gasteiger charge is 2.47. The fourth-order valence-corrected chi connectivity index (χ4v) is 2.30. The van der Waals surface area contributed by atoms with Gasteiger partial charge < -0.3 is 0 Å². The van der Waals surface area contributed by atoms with E-state index >= 15 is 0 Å². The van der Waals surface area contributed by atoms with Gasteiger partial charge in [0, 0.05) is 22.8 Å². The van der Waals surface area contributed by atoms with Crippen molar-refractivity contribution >= 4 is 0 Å². The average Bonchev–Trinajstić information content (AvgIpc) is 2.70. The molecule has 0 radical (unpaired) electrons. The molecule has 2 rings (SSSR count). The first-order chi connectivity index (χ1) is 7.68. The highest BCUT2D eigenvalue weighted by atomic mass is 19.4. The van der Waals surface area contributed by atoms with Crippen LogP contribution < -0.4 is 0 Å². The van der Waals surface area contributed by atoms with Crippen molar-refractivity contribution in [1.82, 2.24) is 0 Å². The second kappa shape index (κ2) is 3.66. The van der Waals surface area contributed by atoms with E-state index in [2.05, 4.69) is 11.8 Å². The molecule has 2 atom stereocenters. The Bertz CT molecular complexity index is 447. The molecule has 0 fully saturated rings. The Kier molecular flexibility index (Phi) is 2.65. The maximum atomic E-state index is 12.9. The van der Waals surface area contributed by atoms with E-state index in [0.717, 1.165) is 0 Å². The monoisotopic (exact) mass is 240 g/mol. The summed E-state index contributed by atoms with van der Waals surface area (Å²) in [6.45, 7) is 5.70. The number of hydrogen-bond donors (Lipinski definition) is 0. The molecular formula is C14H15F3. The zero-order valence-electron chi connectivity index (χ0n) is 10.2. The van der Waals surface area contributed by atoms with Crippen molar-refractivity contribution in [3.05, 3.63) is 23.3 Å². The van der Waals surface area contributed by atoms with Gasteiger partial charge >= 0.3 is 6.18 Å². The van der Waals surface area contributed by atoms with Gasteiger partial charge in [0.05, 0.1) is 5.57 Å². The molecule has 2 bridgehead atoms. The highest BCUT2D eigenvalue weighted by Crippen LogP contribution is 2.49. The summed E-state index contributed by atoms with van der Waals surface area (Å²) in [6, 6.07) is 0. The number of hydrogen-bond acceptors (Lipinski definition) is 0. The zero-order chi connectivity index (χ0) is 12.8. The Morgan fingerprint density at radius 3 is 2.24 bits per heavy atom. The molecule has 2 aliphatic rings. The third-order valence-corrected chi connectivity index (χ3v) is 2.99. The molecule has 0 aromatic heterocycles. The van der Waals surface area contributed by atoms with Gasteiger partial charge in [0.2, 0.25) is 0 Å². The summed E-state index contributed by atoms with van der Waals surface area (Å²) < 4.78 is 38.8. The van der Waals surface area contributed by atoms with Crippen LogP contribution in [0.5, 0.6) is 0 Å². The molecule has 2 aliphatic carbocycles. The van der Waals surface area contributed by atoms with Gasteiger partial charge in [-0.2, -0.15) is 13.2 Å². The molecular weight excluding hydrogens is 225 g/mol. The van der Waals surface area contributed by atoms with Crippen LogP contribution in [0.3, 0.4) is 0 Å². The maximum absolute atomic E-state index is 12.9. The molecule has 0 N–H and O–H groups in total. The van der Waals surface area contributed by atoms with Crippen molar-refractivity contribution < 1.29 is 13.2 Å². The summed E-state index contributed by atoms with van der Waals surface area (Å²) in [5.41, 5.74) is -0.392. The van der Waals surface area contributed by atoms with Crippen LogP contribution in [0.15, 0.2) is 23.3 Å². The van der Waals surface area contributed by atoms with Gasteiger partial charge in [-0.05, 0) is 27.2 Å². The first-order valence-corrected chi connectivity index (χ1v) is 5.71. The third-order valence-electron chi connectivity index (χ3n) is 2.99. The first-order valence-electron chi connectivity index (χ1n) is 5.71. The molecule has 17 heavy (non-hydrogen) atoms. The van der Waals surface area contributed by atoms with Crippen LogP contribution in [0, 0.1) is 29.1 Å². The van der Waals surface area contributed by atoms with Crippen LogP contribution >= 0.6 is 0 Å². The van der Waals surface area contributed by atoms with Crippen molar-refractivity contribution in [2.24, 2.45) is 17.3 Å². The van der Waals surface area contributed by atoms with E-state index in [9.17, 15) is 13.2 Å². The van der Waals surface area contributed by atoms with E-state index in [1.54, 1.807) is 6.08 Å². The van der Waals surface area contributed by atoms with Gasteiger partial charge in [0.25, 0.3) is 0 Å². The summed E-state index contributed by atoms with van der Waals surface area (Å²) in [7, 11) is 0. The first kappa shape index (κ1) is 12.3. The predicted octanol–water partition coefficient (Wildman–Crippen LogP) is 4.10. The lowest BCUT2D eigenvalue weighted by Crippen LogP contribution is -2.18. The van der Waals surface area contributed by atoms with E-state index in [0.29, 0.717) is 12.0 Å². The van der Waals surface area contributed by atoms with Crippen LogP contribution in [-0.2, 0) is 0 Å². The average molecular weight is 240 g/mol. The molecule has 0 aliphatic heterocycles. The summed E-state index contributed by atoms with van der Waals surface area (Å²) in [5, 5.41) is 0. The topological polar surface area (TPSA) is 0 Å². The van der Waals surface area contributed by atoms with Crippen LogP contribution in [0.25, 0.3) is 0 Å². The molecule has 0 aromatic rings. The van der Waals surface area contributed by atoms with E-state index < -0.39 is 17.7 Å². The molecule has 92 valence electrons. The van der Waals surface area contributed by atoms with Crippen molar-refractivity contribution in [3.8, 4) is 11.8 Å². The minimum absolute atomic E-state index is 0.119. The molecule has 0 heterocycles. The van der Waals surface area contributed by atoms with Gasteiger partial charge in [-0.3, -0.25) is 0 Å². The molecule has 0 saturated carbocycles. The van der Waals surface area contributed by atoms with Crippen LogP contribution in [0.1, 0.15) is 27.2 Å². The SMILES string of the molecule is CC(C)(C)C#CC1=C(C(F)(F)F)C2C=CC1C2. The third kappa shape index (κ3) is 2.41. The van der Waals surface area contributed by atoms with E-state index in [4.69, 9.17) is 0 Å². The zero-order valence-corrected chi connectivity index (χ0v) is 10.2. The highest BCUT2D eigenvalue weighted by molar-refractivity contribution is 5.49. The normalized spacial score (nSPS) is 27.4. The number of halogens is 3. The Labute approximate surface area is 99.6 Å². The largest absolute Gasteiger partial charge is 0.414 e. The van der Waals surface area contributed by atoms with E-state index in [1.165, 1.54) is 0 Å². The molecule has 0 aromatic carbocycles. The van der Waals surface area contributed by atoms with Gasteiger partial charge in [-0.25, -0.2) is 0 Å². The smallest absolute Gasteiger partial charge is 0.166 e. The number of allylic oxidation sites excluding steroid dienone is 4. The summed E-state index contributed by atoms with van der Waals surface area (Å²) in [6.07, 6.45) is -0.183. The molecule has 0 spiro atoms. The lowest BCUT2D eigenvalue weighted by Gasteiger charge is -2.16. The van der Waals surface area contributed by atoms with E-state index in [1.807, 2.05) is 26.8 Å². The Hall–Kier alpha value is -1.17. The quantitative estimate of drug-likeness (QED) is 0.441. The fourth-order valence-electron chi connectivity index (χ4n) is 2.30. The number of alkyl halides is 3. The van der Waals surface area contributed by atoms with Gasteiger partial charge in [0.15, 0.2) is 0 Å². The summed E-state index contributed by atoms with van der Waals surface area (Å²) >= 11 is 0. The molecule has 0 nitrogen and oxygen atoms in total. The van der Waals surface area contributed by atoms with Gasteiger partial charge in [-0.15, -0.1) is 0 Å². The van der Waals surface area contributed by atoms with Crippen molar-refractivity contribution in [3.63, 3.8) is 0 Å². The second-order valence-corrected chi connectivity index (χ2v) is 5.66. The minimum Gasteiger partial charge on any atom is -0.166 e. The lowest BCUT2D eigenvalue weighted by atomic mass is 9.93. The standard InChI is InChI=1S/C14H15F3/c1-13(2,3)7-6-11-9-4-5-10(8-9)12(11)14(15,16)17/h4-5,9-10H,8H2,1-3H3. The van der Waals surface area contributed by atoms with Gasteiger partial charge in [0.1, 0.15) is 0 Å². The Morgan fingerprint density at radius 2 is 1.71 bits per heavy atom. The van der Waals surface area contributed by atoms with Crippen molar-refractivity contribution in [1.29, 1.82) is 0 Å². The van der Waals surface area contributed by atoms with Gasteiger partial charge in [-0.1, -0.05) is 24.0 Å². The molecule has 2 unspecified atom stereocenters. The van der Waals surface area contributed by atoms with Crippen LogP contribution in [0.2, 0.25) is 0 Å². The predicted molar refractivity (Wildman–Crippen MR) is 61.0 cm³/mol. The molecule has 0 saturated heterocycles. The summed E-state index contributed by atoms with van der Waals surface area (Å²) in [5.74, 6) is 5.09. The van der Waals surface area contributed by atoms with Crippen molar-refractivity contribution in [2.45, 2.75) is 33.4 Å². The van der Waals surface area contributed by atoms with Crippen LogP contribution in [0.4, 0.5) is 13.2 Å². The number of fused-ring (bicyclic) bond motifs is 2. The van der Waals surface area contributed by atoms with Crippen molar-refractivity contribution in [2.75, 3.05) is 0 Å². The second-order valence-electron chi connectivity index (χ2n) is 5.66. The minimum atomic E-state index is -4.24. The summed E-state index contributed by atoms with van der Waals surface area (Å²) in [4.78, 5) is 0. The Morgan fingerprint density at radius 1 is 1.12 bits per heavy atom. The Balaban J connectivity index is 2.41. The fraction of sp³-hybridized carbons (Fsp3) is 0.571. The molecule has 3 heteroatoms. The molecule has 0 amide bonds. The maximum Gasteiger partial charge on any atom is 0.414 e.